The Bertz CT molecular complexity index is 348. The zero-order chi connectivity index (χ0) is 11.6. The van der Waals surface area contributed by atoms with Crippen molar-refractivity contribution in [1.29, 1.82) is 5.26 Å². The van der Waals surface area contributed by atoms with Gasteiger partial charge in [0.25, 0.3) is 0 Å². The van der Waals surface area contributed by atoms with Crippen molar-refractivity contribution in [2.75, 3.05) is 25.5 Å². The van der Waals surface area contributed by atoms with Crippen molar-refractivity contribution in [1.82, 2.24) is 20.8 Å². The summed E-state index contributed by atoms with van der Waals surface area (Å²) in [6, 6.07) is 1.86. The molecular formula is C9H15N7. The molecule has 7 nitrogen and oxygen atoms in total. The number of hydrogen-bond donors (Lipinski definition) is 4. The van der Waals surface area contributed by atoms with Gasteiger partial charge in [-0.25, -0.2) is 0 Å². The fourth-order valence-corrected chi connectivity index (χ4v) is 1.10. The lowest BCUT2D eigenvalue weighted by atomic mass is 10.4. The van der Waals surface area contributed by atoms with Gasteiger partial charge in [-0.2, -0.15) is 10.4 Å². The molecule has 0 aromatic carbocycles. The lowest BCUT2D eigenvalue weighted by molar-refractivity contribution is 0.787. The Labute approximate surface area is 94.0 Å². The molecule has 0 bridgehead atoms. The monoisotopic (exact) mass is 221 g/mol. The molecule has 1 rings (SSSR count). The molecule has 0 radical (unpaired) electrons. The zero-order valence-electron chi connectivity index (χ0n) is 9.12. The van der Waals surface area contributed by atoms with Crippen molar-refractivity contribution in [3.63, 3.8) is 0 Å². The largest absolute Gasteiger partial charge is 0.369 e. The predicted molar refractivity (Wildman–Crippen MR) is 61.8 cm³/mol. The summed E-state index contributed by atoms with van der Waals surface area (Å²) in [6.07, 6.45) is 4.47. The summed E-state index contributed by atoms with van der Waals surface area (Å²) in [5.41, 5.74) is 0. The van der Waals surface area contributed by atoms with Gasteiger partial charge in [0.1, 0.15) is 5.82 Å². The van der Waals surface area contributed by atoms with E-state index in [4.69, 9.17) is 5.26 Å². The summed E-state index contributed by atoms with van der Waals surface area (Å²) in [5.74, 6) is 1.32. The number of aromatic nitrogens is 2. The first-order valence-electron chi connectivity index (χ1n) is 4.96. The van der Waals surface area contributed by atoms with Crippen LogP contribution in [0.3, 0.4) is 0 Å². The van der Waals surface area contributed by atoms with Crippen LogP contribution < -0.4 is 16.0 Å². The third-order valence-corrected chi connectivity index (χ3v) is 1.85. The molecule has 0 saturated carbocycles. The van der Waals surface area contributed by atoms with Gasteiger partial charge in [-0.3, -0.25) is 15.4 Å². The molecule has 0 spiro atoms. The van der Waals surface area contributed by atoms with E-state index in [9.17, 15) is 0 Å². The summed E-state index contributed by atoms with van der Waals surface area (Å²) in [6.45, 7) is 1.54. The van der Waals surface area contributed by atoms with Crippen LogP contribution in [0.15, 0.2) is 17.3 Å². The van der Waals surface area contributed by atoms with Gasteiger partial charge >= 0.3 is 0 Å². The number of nitriles is 1. The first-order valence-corrected chi connectivity index (χ1v) is 4.96. The van der Waals surface area contributed by atoms with Gasteiger partial charge in [0.05, 0.1) is 0 Å². The number of anilines is 1. The highest BCUT2D eigenvalue weighted by Gasteiger charge is 1.95. The van der Waals surface area contributed by atoms with Crippen molar-refractivity contribution < 1.29 is 0 Å². The normalized spacial score (nSPS) is 10.6. The minimum Gasteiger partial charge on any atom is -0.369 e. The highest BCUT2D eigenvalue weighted by molar-refractivity contribution is 5.80. The van der Waals surface area contributed by atoms with Gasteiger partial charge in [0.15, 0.2) is 6.19 Å². The second-order valence-corrected chi connectivity index (χ2v) is 2.98. The van der Waals surface area contributed by atoms with Crippen molar-refractivity contribution in [2.45, 2.75) is 6.42 Å². The van der Waals surface area contributed by atoms with Crippen molar-refractivity contribution in [3.05, 3.63) is 12.3 Å². The lowest BCUT2D eigenvalue weighted by Crippen LogP contribution is -2.35. The van der Waals surface area contributed by atoms with Gasteiger partial charge in [0.2, 0.25) is 5.96 Å². The van der Waals surface area contributed by atoms with Crippen molar-refractivity contribution in [3.8, 4) is 6.19 Å². The van der Waals surface area contributed by atoms with Crippen LogP contribution in [0.4, 0.5) is 5.82 Å². The highest BCUT2D eigenvalue weighted by atomic mass is 15.2. The summed E-state index contributed by atoms with van der Waals surface area (Å²) in [4.78, 5) is 3.86. The van der Waals surface area contributed by atoms with Gasteiger partial charge in [0, 0.05) is 26.3 Å². The van der Waals surface area contributed by atoms with Crippen LogP contribution >= 0.6 is 0 Å². The van der Waals surface area contributed by atoms with E-state index in [0.29, 0.717) is 5.96 Å². The molecule has 1 aromatic heterocycles. The summed E-state index contributed by atoms with van der Waals surface area (Å²) in [5, 5.41) is 23.7. The molecular weight excluding hydrogens is 206 g/mol. The van der Waals surface area contributed by atoms with Gasteiger partial charge < -0.3 is 10.6 Å². The van der Waals surface area contributed by atoms with E-state index in [1.807, 2.05) is 12.3 Å². The van der Waals surface area contributed by atoms with Crippen LogP contribution in [0.2, 0.25) is 0 Å². The Kier molecular flexibility index (Phi) is 5.27. The van der Waals surface area contributed by atoms with E-state index in [-0.39, 0.29) is 0 Å². The summed E-state index contributed by atoms with van der Waals surface area (Å²) < 4.78 is 0. The number of rotatable bonds is 5. The topological polar surface area (TPSA) is 101 Å². The zero-order valence-corrected chi connectivity index (χ0v) is 9.12. The van der Waals surface area contributed by atoms with E-state index in [2.05, 4.69) is 31.1 Å². The van der Waals surface area contributed by atoms with Crippen LogP contribution in [-0.2, 0) is 0 Å². The van der Waals surface area contributed by atoms with Gasteiger partial charge in [-0.1, -0.05) is 0 Å². The molecule has 1 aromatic rings. The Morgan fingerprint density at radius 2 is 2.50 bits per heavy atom. The molecule has 0 aliphatic carbocycles. The van der Waals surface area contributed by atoms with Crippen LogP contribution in [0, 0.1) is 11.5 Å². The molecule has 86 valence electrons. The number of nitrogens with one attached hydrogen (secondary N) is 4. The maximum absolute atomic E-state index is 8.39. The lowest BCUT2D eigenvalue weighted by Gasteiger charge is -2.07. The maximum atomic E-state index is 8.39. The number of hydrogen-bond acceptors (Lipinski definition) is 4. The van der Waals surface area contributed by atoms with E-state index < -0.39 is 0 Å². The highest BCUT2D eigenvalue weighted by Crippen LogP contribution is 1.97. The number of nitrogens with zero attached hydrogens (tertiary/aromatic N) is 3. The van der Waals surface area contributed by atoms with Crippen LogP contribution in [0.1, 0.15) is 6.42 Å². The molecule has 0 amide bonds. The summed E-state index contributed by atoms with van der Waals surface area (Å²) in [7, 11) is 1.62. The van der Waals surface area contributed by atoms with E-state index in [1.54, 1.807) is 13.2 Å². The van der Waals surface area contributed by atoms with Crippen molar-refractivity contribution in [2.24, 2.45) is 4.99 Å². The molecule has 0 saturated heterocycles. The predicted octanol–water partition coefficient (Wildman–Crippen LogP) is -0.142. The third kappa shape index (κ3) is 4.32. The molecule has 0 aliphatic rings. The van der Waals surface area contributed by atoms with Gasteiger partial charge in [-0.05, 0) is 12.5 Å². The summed E-state index contributed by atoms with van der Waals surface area (Å²) >= 11 is 0. The Morgan fingerprint density at radius 1 is 1.62 bits per heavy atom. The third-order valence-electron chi connectivity index (χ3n) is 1.85. The fraction of sp³-hybridized carbons (Fsp3) is 0.444. The quantitative estimate of drug-likeness (QED) is 0.182. The molecule has 0 unspecified atom stereocenters. The Balaban J connectivity index is 2.06. The molecule has 0 atom stereocenters. The van der Waals surface area contributed by atoms with E-state index in [0.717, 1.165) is 25.3 Å². The molecule has 7 heteroatoms. The van der Waals surface area contributed by atoms with Gasteiger partial charge in [-0.15, -0.1) is 0 Å². The minimum atomic E-state index is 0.488. The molecule has 16 heavy (non-hydrogen) atoms. The smallest absolute Gasteiger partial charge is 0.204 e. The fourth-order valence-electron chi connectivity index (χ4n) is 1.10. The molecule has 4 N–H and O–H groups in total. The first-order chi connectivity index (χ1) is 7.86. The standard InChI is InChI=1S/C9H15N7/c1-11-9(14-7-10)13-5-2-4-12-8-3-6-15-16-8/h3,6H,2,4-5H2,1H3,(H2,11,13,14)(H2,12,15,16). The number of H-pyrrole nitrogens is 1. The second-order valence-electron chi connectivity index (χ2n) is 2.98. The van der Waals surface area contributed by atoms with Crippen LogP contribution in [-0.4, -0.2) is 36.3 Å². The maximum Gasteiger partial charge on any atom is 0.204 e. The molecule has 0 fully saturated rings. The molecule has 0 aliphatic heterocycles. The first kappa shape index (κ1) is 11.8. The van der Waals surface area contributed by atoms with Crippen LogP contribution in [0.5, 0.6) is 0 Å². The number of aliphatic imine (C=N–C) groups is 1. The average Bonchev–Trinajstić information content (AvgIpc) is 2.80. The minimum absolute atomic E-state index is 0.488. The second kappa shape index (κ2) is 7.11. The Morgan fingerprint density at radius 3 is 3.12 bits per heavy atom. The SMILES string of the molecule is CN=C(NC#N)NCCCNc1cc[nH]n1. The van der Waals surface area contributed by atoms with Crippen LogP contribution in [0.25, 0.3) is 0 Å². The average molecular weight is 221 g/mol. The van der Waals surface area contributed by atoms with E-state index >= 15 is 0 Å². The Hall–Kier alpha value is -2.23. The van der Waals surface area contributed by atoms with Crippen molar-refractivity contribution >= 4 is 11.8 Å². The number of guanidine groups is 1. The van der Waals surface area contributed by atoms with E-state index in [1.165, 1.54) is 0 Å². The molecule has 1 heterocycles. The number of aromatic amines is 1.